The number of aryl methyl sites for hydroxylation is 1. The summed E-state index contributed by atoms with van der Waals surface area (Å²) in [5.41, 5.74) is 1.02. The molecule has 0 aliphatic carbocycles. The second-order valence-electron chi connectivity index (χ2n) is 4.28. The Balaban J connectivity index is 2.28. The molecule has 0 radical (unpaired) electrons. The Morgan fingerprint density at radius 1 is 1.20 bits per heavy atom. The summed E-state index contributed by atoms with van der Waals surface area (Å²) in [6.07, 6.45) is 0. The lowest BCUT2D eigenvalue weighted by atomic mass is 10.1. The summed E-state index contributed by atoms with van der Waals surface area (Å²) in [6, 6.07) is 10.2. The Hall–Kier alpha value is -2.89. The van der Waals surface area contributed by atoms with Crippen molar-refractivity contribution in [3.8, 4) is 5.75 Å². The van der Waals surface area contributed by atoms with Crippen molar-refractivity contribution in [2.75, 3.05) is 5.32 Å². The number of phenolic OH excluding ortho intramolecular Hbond substituents is 1. The van der Waals surface area contributed by atoms with Crippen molar-refractivity contribution in [2.45, 2.75) is 6.92 Å². The number of carbonyl (C=O) groups excluding carboxylic acids is 1. The van der Waals surface area contributed by atoms with E-state index < -0.39 is 10.8 Å². The van der Waals surface area contributed by atoms with Crippen LogP contribution in [0.2, 0.25) is 0 Å². The third-order valence-electron chi connectivity index (χ3n) is 2.73. The molecule has 2 aromatic carbocycles. The van der Waals surface area contributed by atoms with Crippen LogP contribution in [0.15, 0.2) is 42.5 Å². The van der Waals surface area contributed by atoms with Crippen LogP contribution in [-0.2, 0) is 0 Å². The van der Waals surface area contributed by atoms with Gasteiger partial charge in [0, 0.05) is 11.6 Å². The Morgan fingerprint density at radius 2 is 1.85 bits per heavy atom. The van der Waals surface area contributed by atoms with Crippen LogP contribution in [-0.4, -0.2) is 15.9 Å². The summed E-state index contributed by atoms with van der Waals surface area (Å²) in [5, 5.41) is 22.6. The van der Waals surface area contributed by atoms with Crippen LogP contribution >= 0.6 is 0 Å². The van der Waals surface area contributed by atoms with Gasteiger partial charge in [0.05, 0.1) is 4.92 Å². The Labute approximate surface area is 114 Å². The lowest BCUT2D eigenvalue weighted by Gasteiger charge is -2.06. The average molecular weight is 272 g/mol. The third-order valence-corrected chi connectivity index (χ3v) is 2.73. The number of anilines is 1. The largest absolute Gasteiger partial charge is 0.508 e. The standard InChI is InChI=1S/C14H12N2O4/c1-9-2-7-12(13(8-9)16(19)20)15-14(18)10-3-5-11(17)6-4-10/h2-8,17H,1H3,(H,15,18). The van der Waals surface area contributed by atoms with Crippen LogP contribution in [0.4, 0.5) is 11.4 Å². The second-order valence-corrected chi connectivity index (χ2v) is 4.28. The molecule has 0 spiro atoms. The molecule has 2 rings (SSSR count). The van der Waals surface area contributed by atoms with E-state index in [1.54, 1.807) is 13.0 Å². The van der Waals surface area contributed by atoms with Crippen molar-refractivity contribution in [2.24, 2.45) is 0 Å². The van der Waals surface area contributed by atoms with Gasteiger partial charge < -0.3 is 10.4 Å². The van der Waals surface area contributed by atoms with Gasteiger partial charge in [-0.25, -0.2) is 0 Å². The number of aromatic hydroxyl groups is 1. The van der Waals surface area contributed by atoms with Crippen molar-refractivity contribution < 1.29 is 14.8 Å². The molecule has 0 atom stereocenters. The molecule has 6 nitrogen and oxygen atoms in total. The van der Waals surface area contributed by atoms with Gasteiger partial charge in [0.1, 0.15) is 11.4 Å². The maximum atomic E-state index is 12.0. The van der Waals surface area contributed by atoms with Crippen LogP contribution < -0.4 is 5.32 Å². The van der Waals surface area contributed by atoms with Crippen LogP contribution in [0.1, 0.15) is 15.9 Å². The number of phenols is 1. The number of carbonyl (C=O) groups is 1. The normalized spacial score (nSPS) is 10.1. The van der Waals surface area contributed by atoms with Gasteiger partial charge in [0.2, 0.25) is 0 Å². The molecule has 0 fully saturated rings. The first-order valence-corrected chi connectivity index (χ1v) is 5.83. The van der Waals surface area contributed by atoms with Crippen molar-refractivity contribution in [1.29, 1.82) is 0 Å². The molecule has 0 aromatic heterocycles. The summed E-state index contributed by atoms with van der Waals surface area (Å²) in [4.78, 5) is 22.4. The highest BCUT2D eigenvalue weighted by Gasteiger charge is 2.16. The third kappa shape index (κ3) is 2.92. The summed E-state index contributed by atoms with van der Waals surface area (Å²) < 4.78 is 0. The minimum Gasteiger partial charge on any atom is -0.508 e. The zero-order chi connectivity index (χ0) is 14.7. The predicted molar refractivity (Wildman–Crippen MR) is 73.9 cm³/mol. The zero-order valence-corrected chi connectivity index (χ0v) is 10.7. The van der Waals surface area contributed by atoms with E-state index in [1.807, 2.05) is 0 Å². The number of hydrogen-bond acceptors (Lipinski definition) is 4. The van der Waals surface area contributed by atoms with Crippen molar-refractivity contribution >= 4 is 17.3 Å². The van der Waals surface area contributed by atoms with E-state index in [0.29, 0.717) is 5.56 Å². The minimum absolute atomic E-state index is 0.0443. The highest BCUT2D eigenvalue weighted by atomic mass is 16.6. The first kappa shape index (κ1) is 13.5. The minimum atomic E-state index is -0.542. The number of rotatable bonds is 3. The summed E-state index contributed by atoms with van der Waals surface area (Å²) in [5.74, 6) is -0.431. The smallest absolute Gasteiger partial charge is 0.293 e. The fourth-order valence-corrected chi connectivity index (χ4v) is 1.71. The van der Waals surface area contributed by atoms with E-state index in [4.69, 9.17) is 5.11 Å². The van der Waals surface area contributed by atoms with Gasteiger partial charge in [-0.15, -0.1) is 0 Å². The molecule has 2 N–H and O–H groups in total. The monoisotopic (exact) mass is 272 g/mol. The lowest BCUT2D eigenvalue weighted by Crippen LogP contribution is -2.13. The average Bonchev–Trinajstić information content (AvgIpc) is 2.41. The van der Waals surface area contributed by atoms with Gasteiger partial charge in [0.25, 0.3) is 11.6 Å². The van der Waals surface area contributed by atoms with Crippen LogP contribution in [0.3, 0.4) is 0 Å². The molecule has 0 heterocycles. The topological polar surface area (TPSA) is 92.5 Å². The lowest BCUT2D eigenvalue weighted by molar-refractivity contribution is -0.384. The first-order chi connectivity index (χ1) is 9.47. The molecule has 0 bridgehead atoms. The fraction of sp³-hybridized carbons (Fsp3) is 0.0714. The van der Waals surface area contributed by atoms with Gasteiger partial charge >= 0.3 is 0 Å². The number of nitro benzene ring substituents is 1. The van der Waals surface area contributed by atoms with Crippen LogP contribution in [0, 0.1) is 17.0 Å². The molecular weight excluding hydrogens is 260 g/mol. The fourth-order valence-electron chi connectivity index (χ4n) is 1.71. The van der Waals surface area contributed by atoms with Crippen molar-refractivity contribution in [1.82, 2.24) is 0 Å². The molecule has 0 unspecified atom stereocenters. The molecule has 0 aliphatic heterocycles. The number of benzene rings is 2. The van der Waals surface area contributed by atoms with E-state index in [-0.39, 0.29) is 17.1 Å². The number of nitrogens with zero attached hydrogens (tertiary/aromatic N) is 1. The van der Waals surface area contributed by atoms with Crippen molar-refractivity contribution in [3.63, 3.8) is 0 Å². The summed E-state index contributed by atoms with van der Waals surface area (Å²) in [6.45, 7) is 1.73. The van der Waals surface area contributed by atoms with E-state index in [2.05, 4.69) is 5.32 Å². The number of hydrogen-bond donors (Lipinski definition) is 2. The Morgan fingerprint density at radius 3 is 2.45 bits per heavy atom. The highest BCUT2D eigenvalue weighted by Crippen LogP contribution is 2.25. The molecule has 20 heavy (non-hydrogen) atoms. The van der Waals surface area contributed by atoms with Gasteiger partial charge in [-0.05, 0) is 42.8 Å². The first-order valence-electron chi connectivity index (χ1n) is 5.83. The molecule has 0 aliphatic rings. The Bertz CT molecular complexity index is 665. The molecule has 0 saturated carbocycles. The molecule has 1 amide bonds. The SMILES string of the molecule is Cc1ccc(NC(=O)c2ccc(O)cc2)c([N+](=O)[O-])c1. The molecule has 0 saturated heterocycles. The van der Waals surface area contributed by atoms with Crippen LogP contribution in [0.5, 0.6) is 5.75 Å². The van der Waals surface area contributed by atoms with Gasteiger partial charge in [-0.3, -0.25) is 14.9 Å². The van der Waals surface area contributed by atoms with Gasteiger partial charge in [0.15, 0.2) is 0 Å². The van der Waals surface area contributed by atoms with E-state index in [0.717, 1.165) is 5.56 Å². The highest BCUT2D eigenvalue weighted by molar-refractivity contribution is 6.05. The van der Waals surface area contributed by atoms with E-state index >= 15 is 0 Å². The number of nitro groups is 1. The van der Waals surface area contributed by atoms with Crippen LogP contribution in [0.25, 0.3) is 0 Å². The zero-order valence-electron chi connectivity index (χ0n) is 10.7. The molecule has 2 aromatic rings. The summed E-state index contributed by atoms with van der Waals surface area (Å²) in [7, 11) is 0. The number of amides is 1. The van der Waals surface area contributed by atoms with Gasteiger partial charge in [-0.1, -0.05) is 6.07 Å². The van der Waals surface area contributed by atoms with Gasteiger partial charge in [-0.2, -0.15) is 0 Å². The second kappa shape index (κ2) is 5.40. The predicted octanol–water partition coefficient (Wildman–Crippen LogP) is 2.86. The van der Waals surface area contributed by atoms with E-state index in [1.165, 1.54) is 36.4 Å². The molecular formula is C14H12N2O4. The van der Waals surface area contributed by atoms with E-state index in [9.17, 15) is 14.9 Å². The Kier molecular flexibility index (Phi) is 3.65. The summed E-state index contributed by atoms with van der Waals surface area (Å²) >= 11 is 0. The molecule has 6 heteroatoms. The quantitative estimate of drug-likeness (QED) is 0.663. The molecule has 102 valence electrons. The van der Waals surface area contributed by atoms with Crippen molar-refractivity contribution in [3.05, 3.63) is 63.7 Å². The maximum Gasteiger partial charge on any atom is 0.293 e. The maximum absolute atomic E-state index is 12.0. The number of nitrogens with one attached hydrogen (secondary N) is 1.